The molecule has 1 atom stereocenters. The van der Waals surface area contributed by atoms with Crippen LogP contribution in [0.1, 0.15) is 51.0 Å². The van der Waals surface area contributed by atoms with Crippen LogP contribution in [0.15, 0.2) is 22.7 Å². The van der Waals surface area contributed by atoms with E-state index in [0.29, 0.717) is 12.6 Å². The maximum Gasteiger partial charge on any atom is 0.128 e. The molecule has 3 heteroatoms. The van der Waals surface area contributed by atoms with Crippen molar-refractivity contribution < 1.29 is 4.39 Å². The molecular formula is C16H23BrFN. The number of nitrogens with one attached hydrogen (secondary N) is 1. The monoisotopic (exact) mass is 327 g/mol. The molecule has 0 aromatic heterocycles. The molecule has 1 aliphatic carbocycles. The largest absolute Gasteiger partial charge is 0.310 e. The second kappa shape index (κ2) is 7.39. The molecule has 0 amide bonds. The van der Waals surface area contributed by atoms with E-state index in [9.17, 15) is 4.39 Å². The summed E-state index contributed by atoms with van der Waals surface area (Å²) in [6.07, 6.45) is 8.09. The number of hydrogen-bond donors (Lipinski definition) is 1. The van der Waals surface area contributed by atoms with Crippen LogP contribution in [0.2, 0.25) is 0 Å². The van der Waals surface area contributed by atoms with E-state index >= 15 is 0 Å². The highest BCUT2D eigenvalue weighted by Crippen LogP contribution is 2.25. The molecule has 1 fully saturated rings. The van der Waals surface area contributed by atoms with Crippen LogP contribution >= 0.6 is 15.9 Å². The van der Waals surface area contributed by atoms with Crippen molar-refractivity contribution in [3.63, 3.8) is 0 Å². The van der Waals surface area contributed by atoms with Crippen molar-refractivity contribution in [3.8, 4) is 0 Å². The minimum absolute atomic E-state index is 0.130. The standard InChI is InChI=1S/C16H23BrFN/c1-12(13-6-4-2-3-5-7-13)19-11-14-8-9-15(17)10-16(14)18/h8-10,12-13,19H,2-7,11H2,1H3/t12-/m1/s1. The Hall–Kier alpha value is -0.410. The Balaban J connectivity index is 1.86. The number of hydrogen-bond acceptors (Lipinski definition) is 1. The fourth-order valence-corrected chi connectivity index (χ4v) is 3.25. The molecule has 1 aromatic rings. The lowest BCUT2D eigenvalue weighted by atomic mass is 9.93. The molecular weight excluding hydrogens is 305 g/mol. The zero-order valence-corrected chi connectivity index (χ0v) is 13.2. The Morgan fingerprint density at radius 3 is 2.58 bits per heavy atom. The van der Waals surface area contributed by atoms with Crippen molar-refractivity contribution in [2.24, 2.45) is 5.92 Å². The molecule has 0 bridgehead atoms. The predicted octanol–water partition coefficient (Wildman–Crippen LogP) is 5.04. The predicted molar refractivity (Wildman–Crippen MR) is 81.6 cm³/mol. The van der Waals surface area contributed by atoms with Gasteiger partial charge in [0.25, 0.3) is 0 Å². The van der Waals surface area contributed by atoms with Gasteiger partial charge in [0.2, 0.25) is 0 Å². The van der Waals surface area contributed by atoms with Crippen LogP contribution in [0.25, 0.3) is 0 Å². The summed E-state index contributed by atoms with van der Waals surface area (Å²) in [6.45, 7) is 2.86. The first-order chi connectivity index (χ1) is 9.16. The summed E-state index contributed by atoms with van der Waals surface area (Å²) in [5, 5.41) is 3.50. The fourth-order valence-electron chi connectivity index (χ4n) is 2.91. The van der Waals surface area contributed by atoms with Gasteiger partial charge in [-0.15, -0.1) is 0 Å². The molecule has 0 aliphatic heterocycles. The molecule has 0 spiro atoms. The first-order valence-corrected chi connectivity index (χ1v) is 8.13. The van der Waals surface area contributed by atoms with E-state index in [1.54, 1.807) is 0 Å². The van der Waals surface area contributed by atoms with Crippen molar-refractivity contribution >= 4 is 15.9 Å². The molecule has 106 valence electrons. The lowest BCUT2D eigenvalue weighted by Gasteiger charge is -2.23. The van der Waals surface area contributed by atoms with Gasteiger partial charge in [0.15, 0.2) is 0 Å². The average Bonchev–Trinajstić information content (AvgIpc) is 2.66. The van der Waals surface area contributed by atoms with Gasteiger partial charge >= 0.3 is 0 Å². The van der Waals surface area contributed by atoms with E-state index in [2.05, 4.69) is 28.2 Å². The fraction of sp³-hybridized carbons (Fsp3) is 0.625. The molecule has 19 heavy (non-hydrogen) atoms. The van der Waals surface area contributed by atoms with Gasteiger partial charge in [0, 0.05) is 22.6 Å². The van der Waals surface area contributed by atoms with E-state index in [-0.39, 0.29) is 5.82 Å². The molecule has 1 aromatic carbocycles. The molecule has 0 radical (unpaired) electrons. The lowest BCUT2D eigenvalue weighted by molar-refractivity contribution is 0.335. The van der Waals surface area contributed by atoms with Gasteiger partial charge in [-0.1, -0.05) is 47.7 Å². The highest BCUT2D eigenvalue weighted by Gasteiger charge is 2.18. The van der Waals surface area contributed by atoms with Gasteiger partial charge in [-0.3, -0.25) is 0 Å². The summed E-state index contributed by atoms with van der Waals surface area (Å²) >= 11 is 3.29. The zero-order chi connectivity index (χ0) is 13.7. The molecule has 0 unspecified atom stereocenters. The van der Waals surface area contributed by atoms with Crippen LogP contribution in [0.3, 0.4) is 0 Å². The van der Waals surface area contributed by atoms with E-state index in [0.717, 1.165) is 16.0 Å². The van der Waals surface area contributed by atoms with Crippen LogP contribution in [0, 0.1) is 11.7 Å². The van der Waals surface area contributed by atoms with Gasteiger partial charge in [-0.2, -0.15) is 0 Å². The van der Waals surface area contributed by atoms with Crippen molar-refractivity contribution in [2.45, 2.75) is 58.0 Å². The topological polar surface area (TPSA) is 12.0 Å². The lowest BCUT2D eigenvalue weighted by Crippen LogP contribution is -2.33. The molecule has 0 heterocycles. The van der Waals surface area contributed by atoms with E-state index in [4.69, 9.17) is 0 Å². The first-order valence-electron chi connectivity index (χ1n) is 7.34. The molecule has 1 nitrogen and oxygen atoms in total. The van der Waals surface area contributed by atoms with Gasteiger partial charge in [0.05, 0.1) is 0 Å². The van der Waals surface area contributed by atoms with Crippen LogP contribution in [0.4, 0.5) is 4.39 Å². The Labute approximate surface area is 124 Å². The normalized spacial score (nSPS) is 19.1. The molecule has 2 rings (SSSR count). The second-order valence-electron chi connectivity index (χ2n) is 5.66. The smallest absolute Gasteiger partial charge is 0.128 e. The summed E-state index contributed by atoms with van der Waals surface area (Å²) in [5.41, 5.74) is 0.753. The van der Waals surface area contributed by atoms with E-state index in [1.807, 2.05) is 12.1 Å². The highest BCUT2D eigenvalue weighted by molar-refractivity contribution is 9.10. The first kappa shape index (κ1) is 15.0. The molecule has 1 saturated carbocycles. The van der Waals surface area contributed by atoms with Crippen molar-refractivity contribution in [2.75, 3.05) is 0 Å². The number of halogens is 2. The summed E-state index contributed by atoms with van der Waals surface area (Å²) < 4.78 is 14.5. The van der Waals surface area contributed by atoms with Crippen LogP contribution in [-0.4, -0.2) is 6.04 Å². The van der Waals surface area contributed by atoms with Gasteiger partial charge < -0.3 is 5.32 Å². The molecule has 1 aliphatic rings. The third-order valence-electron chi connectivity index (χ3n) is 4.24. The summed E-state index contributed by atoms with van der Waals surface area (Å²) in [5.74, 6) is 0.621. The summed E-state index contributed by atoms with van der Waals surface area (Å²) in [6, 6.07) is 5.76. The Kier molecular flexibility index (Phi) is 5.83. The van der Waals surface area contributed by atoms with E-state index in [1.165, 1.54) is 44.6 Å². The maximum atomic E-state index is 13.7. The Morgan fingerprint density at radius 2 is 1.95 bits per heavy atom. The Bertz CT molecular complexity index is 400. The second-order valence-corrected chi connectivity index (χ2v) is 6.57. The minimum Gasteiger partial charge on any atom is -0.310 e. The third kappa shape index (κ3) is 4.57. The third-order valence-corrected chi connectivity index (χ3v) is 4.73. The maximum absolute atomic E-state index is 13.7. The van der Waals surface area contributed by atoms with Crippen LogP contribution in [0.5, 0.6) is 0 Å². The average molecular weight is 328 g/mol. The molecule has 1 N–H and O–H groups in total. The minimum atomic E-state index is -0.130. The van der Waals surface area contributed by atoms with Crippen molar-refractivity contribution in [3.05, 3.63) is 34.1 Å². The van der Waals surface area contributed by atoms with Gasteiger partial charge in [-0.05, 0) is 37.8 Å². The van der Waals surface area contributed by atoms with Crippen molar-refractivity contribution in [1.29, 1.82) is 0 Å². The summed E-state index contributed by atoms with van der Waals surface area (Å²) in [7, 11) is 0. The highest BCUT2D eigenvalue weighted by atomic mass is 79.9. The van der Waals surface area contributed by atoms with Gasteiger partial charge in [-0.25, -0.2) is 4.39 Å². The van der Waals surface area contributed by atoms with Crippen LogP contribution < -0.4 is 5.32 Å². The molecule has 0 saturated heterocycles. The van der Waals surface area contributed by atoms with E-state index < -0.39 is 0 Å². The quantitative estimate of drug-likeness (QED) is 0.764. The number of rotatable bonds is 4. The van der Waals surface area contributed by atoms with Crippen molar-refractivity contribution in [1.82, 2.24) is 5.32 Å². The zero-order valence-electron chi connectivity index (χ0n) is 11.6. The van der Waals surface area contributed by atoms with Crippen LogP contribution in [-0.2, 0) is 6.54 Å². The Morgan fingerprint density at radius 1 is 1.26 bits per heavy atom. The van der Waals surface area contributed by atoms with Gasteiger partial charge in [0.1, 0.15) is 5.82 Å². The summed E-state index contributed by atoms with van der Waals surface area (Å²) in [4.78, 5) is 0. The SMILES string of the molecule is C[C@@H](NCc1ccc(Br)cc1F)C1CCCCCC1. The number of benzene rings is 1.